The van der Waals surface area contributed by atoms with E-state index in [-0.39, 0.29) is 0 Å². The molecule has 1 aromatic rings. The van der Waals surface area contributed by atoms with Crippen LogP contribution < -0.4 is 15.4 Å². The normalized spacial score (nSPS) is 12.3. The Bertz CT molecular complexity index is 363. The van der Waals surface area contributed by atoms with Crippen LogP contribution in [0.3, 0.4) is 0 Å². The fourth-order valence-corrected chi connectivity index (χ4v) is 2.33. The van der Waals surface area contributed by atoms with Crippen molar-refractivity contribution in [3.63, 3.8) is 0 Å². The molecule has 0 aromatic heterocycles. The van der Waals surface area contributed by atoms with Crippen LogP contribution in [0.5, 0.6) is 5.75 Å². The van der Waals surface area contributed by atoms with Crippen molar-refractivity contribution in [1.29, 1.82) is 0 Å². The third kappa shape index (κ3) is 3.39. The van der Waals surface area contributed by atoms with E-state index < -0.39 is 0 Å². The molecule has 0 aliphatic heterocycles. The summed E-state index contributed by atoms with van der Waals surface area (Å²) in [7, 11) is 3.85. The van der Waals surface area contributed by atoms with E-state index in [0.29, 0.717) is 5.92 Å². The van der Waals surface area contributed by atoms with Crippen LogP contribution in [0.2, 0.25) is 0 Å². The Morgan fingerprint density at radius 2 is 1.83 bits per heavy atom. The molecule has 0 bridgehead atoms. The molecule has 0 aliphatic carbocycles. The van der Waals surface area contributed by atoms with Gasteiger partial charge >= 0.3 is 0 Å². The Morgan fingerprint density at radius 3 is 2.22 bits per heavy atom. The number of ether oxygens (including phenoxy) is 1. The zero-order chi connectivity index (χ0) is 13.7. The van der Waals surface area contributed by atoms with Crippen molar-refractivity contribution in [1.82, 2.24) is 0 Å². The van der Waals surface area contributed by atoms with Crippen LogP contribution in [-0.2, 0) is 0 Å². The van der Waals surface area contributed by atoms with Crippen LogP contribution in [0.1, 0.15) is 24.5 Å². The minimum atomic E-state index is 0.553. The standard InChI is InChI=1S/C15H26N2O/c1-6-13(9-16)10-17(4)14-7-11(2)15(18-5)12(3)8-14/h7-8,13H,6,9-10,16H2,1-5H3. The predicted molar refractivity (Wildman–Crippen MR) is 78.6 cm³/mol. The molecule has 0 heterocycles. The summed E-state index contributed by atoms with van der Waals surface area (Å²) >= 11 is 0. The van der Waals surface area contributed by atoms with Crippen LogP contribution in [-0.4, -0.2) is 27.2 Å². The number of nitrogens with two attached hydrogens (primary N) is 1. The lowest BCUT2D eigenvalue weighted by Gasteiger charge is -2.25. The summed E-state index contributed by atoms with van der Waals surface area (Å²) in [6, 6.07) is 4.35. The van der Waals surface area contributed by atoms with Gasteiger partial charge in [-0.1, -0.05) is 13.3 Å². The lowest BCUT2D eigenvalue weighted by molar-refractivity contribution is 0.408. The quantitative estimate of drug-likeness (QED) is 0.843. The molecule has 0 spiro atoms. The molecule has 1 atom stereocenters. The van der Waals surface area contributed by atoms with Gasteiger partial charge in [0.1, 0.15) is 5.75 Å². The Labute approximate surface area is 111 Å². The van der Waals surface area contributed by atoms with Crippen molar-refractivity contribution < 1.29 is 4.74 Å². The number of methoxy groups -OCH3 is 1. The molecule has 0 amide bonds. The fraction of sp³-hybridized carbons (Fsp3) is 0.600. The Morgan fingerprint density at radius 1 is 1.28 bits per heavy atom. The second-order valence-corrected chi connectivity index (χ2v) is 5.00. The highest BCUT2D eigenvalue weighted by atomic mass is 16.5. The molecule has 0 fully saturated rings. The van der Waals surface area contributed by atoms with E-state index in [0.717, 1.165) is 25.3 Å². The number of nitrogens with zero attached hydrogens (tertiary/aromatic N) is 1. The minimum absolute atomic E-state index is 0.553. The van der Waals surface area contributed by atoms with E-state index in [1.807, 2.05) is 0 Å². The lowest BCUT2D eigenvalue weighted by atomic mass is 10.0. The molecule has 3 heteroatoms. The fourth-order valence-electron chi connectivity index (χ4n) is 2.33. The summed E-state index contributed by atoms with van der Waals surface area (Å²) in [6.45, 7) is 8.11. The molecule has 0 saturated heterocycles. The molecule has 0 radical (unpaired) electrons. The van der Waals surface area contributed by atoms with Gasteiger partial charge in [0.05, 0.1) is 7.11 Å². The van der Waals surface area contributed by atoms with Gasteiger partial charge in [-0.05, 0) is 49.6 Å². The van der Waals surface area contributed by atoms with Crippen molar-refractivity contribution in [3.05, 3.63) is 23.3 Å². The molecule has 18 heavy (non-hydrogen) atoms. The van der Waals surface area contributed by atoms with Crippen LogP contribution in [0, 0.1) is 19.8 Å². The summed E-state index contributed by atoms with van der Waals surface area (Å²) in [5, 5.41) is 0. The predicted octanol–water partition coefficient (Wildman–Crippen LogP) is 2.73. The van der Waals surface area contributed by atoms with Crippen LogP contribution in [0.15, 0.2) is 12.1 Å². The smallest absolute Gasteiger partial charge is 0.124 e. The maximum Gasteiger partial charge on any atom is 0.124 e. The number of hydrogen-bond donors (Lipinski definition) is 1. The van der Waals surface area contributed by atoms with Gasteiger partial charge in [0, 0.05) is 19.3 Å². The van der Waals surface area contributed by atoms with Gasteiger partial charge in [-0.2, -0.15) is 0 Å². The molecule has 3 nitrogen and oxygen atoms in total. The zero-order valence-corrected chi connectivity index (χ0v) is 12.3. The molecular formula is C15H26N2O. The Hall–Kier alpha value is -1.22. The first kappa shape index (κ1) is 14.8. The summed E-state index contributed by atoms with van der Waals surface area (Å²) in [6.07, 6.45) is 1.12. The molecule has 1 aromatic carbocycles. The van der Waals surface area contributed by atoms with Gasteiger partial charge < -0.3 is 15.4 Å². The van der Waals surface area contributed by atoms with Gasteiger partial charge in [-0.3, -0.25) is 0 Å². The van der Waals surface area contributed by atoms with Gasteiger partial charge in [-0.25, -0.2) is 0 Å². The van der Waals surface area contributed by atoms with E-state index >= 15 is 0 Å². The maximum atomic E-state index is 5.77. The second kappa shape index (κ2) is 6.64. The first-order chi connectivity index (χ1) is 8.53. The first-order valence-electron chi connectivity index (χ1n) is 6.59. The largest absolute Gasteiger partial charge is 0.496 e. The van der Waals surface area contributed by atoms with Crippen molar-refractivity contribution in [2.24, 2.45) is 11.7 Å². The number of rotatable bonds is 6. The van der Waals surface area contributed by atoms with Crippen LogP contribution in [0.4, 0.5) is 5.69 Å². The molecule has 0 saturated carbocycles. The van der Waals surface area contributed by atoms with Gasteiger partial charge in [-0.15, -0.1) is 0 Å². The molecule has 2 N–H and O–H groups in total. The monoisotopic (exact) mass is 250 g/mol. The second-order valence-electron chi connectivity index (χ2n) is 5.00. The number of aryl methyl sites for hydroxylation is 2. The lowest BCUT2D eigenvalue weighted by Crippen LogP contribution is -2.29. The van der Waals surface area contributed by atoms with Crippen molar-refractivity contribution in [3.8, 4) is 5.75 Å². The highest BCUT2D eigenvalue weighted by Crippen LogP contribution is 2.28. The molecule has 1 unspecified atom stereocenters. The summed E-state index contributed by atoms with van der Waals surface area (Å²) < 4.78 is 5.40. The Balaban J connectivity index is 2.90. The topological polar surface area (TPSA) is 38.5 Å². The van der Waals surface area contributed by atoms with Crippen LogP contribution >= 0.6 is 0 Å². The third-order valence-corrected chi connectivity index (χ3v) is 3.53. The molecular weight excluding hydrogens is 224 g/mol. The van der Waals surface area contributed by atoms with Crippen molar-refractivity contribution in [2.45, 2.75) is 27.2 Å². The summed E-state index contributed by atoms with van der Waals surface area (Å²) in [5.74, 6) is 1.54. The summed E-state index contributed by atoms with van der Waals surface area (Å²) in [5.41, 5.74) is 9.36. The van der Waals surface area contributed by atoms with E-state index in [4.69, 9.17) is 10.5 Å². The first-order valence-corrected chi connectivity index (χ1v) is 6.59. The van der Waals surface area contributed by atoms with Crippen LogP contribution in [0.25, 0.3) is 0 Å². The Kier molecular flexibility index (Phi) is 5.48. The average molecular weight is 250 g/mol. The van der Waals surface area contributed by atoms with Gasteiger partial charge in [0.25, 0.3) is 0 Å². The van der Waals surface area contributed by atoms with E-state index in [1.165, 1.54) is 16.8 Å². The van der Waals surface area contributed by atoms with E-state index in [9.17, 15) is 0 Å². The third-order valence-electron chi connectivity index (χ3n) is 3.53. The molecule has 0 aliphatic rings. The molecule has 1 rings (SSSR count). The maximum absolute atomic E-state index is 5.77. The number of anilines is 1. The highest BCUT2D eigenvalue weighted by Gasteiger charge is 2.11. The van der Waals surface area contributed by atoms with Gasteiger partial charge in [0.2, 0.25) is 0 Å². The highest BCUT2D eigenvalue weighted by molar-refractivity contribution is 5.56. The van der Waals surface area contributed by atoms with E-state index in [1.54, 1.807) is 7.11 Å². The number of hydrogen-bond acceptors (Lipinski definition) is 3. The average Bonchev–Trinajstić information content (AvgIpc) is 2.35. The zero-order valence-electron chi connectivity index (χ0n) is 12.3. The summed E-state index contributed by atoms with van der Waals surface area (Å²) in [4.78, 5) is 2.28. The minimum Gasteiger partial charge on any atom is -0.496 e. The number of benzene rings is 1. The van der Waals surface area contributed by atoms with E-state index in [2.05, 4.69) is 44.9 Å². The van der Waals surface area contributed by atoms with Crippen molar-refractivity contribution >= 4 is 5.69 Å². The SMILES string of the molecule is CCC(CN)CN(C)c1cc(C)c(OC)c(C)c1. The van der Waals surface area contributed by atoms with Crippen molar-refractivity contribution in [2.75, 3.05) is 32.1 Å². The van der Waals surface area contributed by atoms with Gasteiger partial charge in [0.15, 0.2) is 0 Å². The molecule has 102 valence electrons.